The van der Waals surface area contributed by atoms with E-state index in [1.807, 2.05) is 12.1 Å². The van der Waals surface area contributed by atoms with E-state index >= 15 is 0 Å². The largest absolute Gasteiger partial charge is 0.386 e. The minimum atomic E-state index is -0.586. The zero-order chi connectivity index (χ0) is 19.3. The number of anilines is 1. The molecule has 0 saturated carbocycles. The highest BCUT2D eigenvalue weighted by molar-refractivity contribution is 5.55. The third-order valence-electron chi connectivity index (χ3n) is 5.95. The fourth-order valence-electron chi connectivity index (χ4n) is 4.18. The molecular weight excluding hydrogens is 336 g/mol. The van der Waals surface area contributed by atoms with Crippen molar-refractivity contribution in [3.05, 3.63) is 65.7 Å². The molecule has 1 N–H and O–H groups in total. The fourth-order valence-corrected chi connectivity index (χ4v) is 4.18. The molecule has 0 aliphatic carbocycles. The molecule has 146 valence electrons. The first-order valence-electron chi connectivity index (χ1n) is 9.89. The highest BCUT2D eigenvalue weighted by atomic mass is 16.5. The monoisotopic (exact) mass is 368 g/mol. The lowest BCUT2D eigenvalue weighted by atomic mass is 9.78. The van der Waals surface area contributed by atoms with E-state index in [-0.39, 0.29) is 5.54 Å². The molecule has 0 bridgehead atoms. The summed E-state index contributed by atoms with van der Waals surface area (Å²) in [6, 6.07) is 18.8. The van der Waals surface area contributed by atoms with Gasteiger partial charge in [-0.25, -0.2) is 0 Å². The van der Waals surface area contributed by atoms with Crippen LogP contribution >= 0.6 is 0 Å². The fraction of sp³-hybridized carbons (Fsp3) is 0.478. The average Bonchev–Trinajstić information content (AvgIpc) is 2.72. The molecule has 0 aromatic heterocycles. The van der Waals surface area contributed by atoms with Gasteiger partial charge in [-0.15, -0.1) is 0 Å². The summed E-state index contributed by atoms with van der Waals surface area (Å²) in [5.74, 6) is 0. The van der Waals surface area contributed by atoms with E-state index in [2.05, 4.69) is 73.3 Å². The van der Waals surface area contributed by atoms with Crippen LogP contribution in [0, 0.1) is 0 Å². The van der Waals surface area contributed by atoms with E-state index in [0.717, 1.165) is 50.4 Å². The summed E-state index contributed by atoms with van der Waals surface area (Å²) in [6.07, 6.45) is 1.07. The number of hydrogen-bond acceptors (Lipinski definition) is 4. The minimum Gasteiger partial charge on any atom is -0.386 e. The Morgan fingerprint density at radius 2 is 1.67 bits per heavy atom. The average molecular weight is 369 g/mol. The summed E-state index contributed by atoms with van der Waals surface area (Å²) in [5, 5.41) is 11.7. The van der Waals surface area contributed by atoms with Gasteiger partial charge in [-0.1, -0.05) is 55.5 Å². The third kappa shape index (κ3) is 4.18. The van der Waals surface area contributed by atoms with Crippen molar-refractivity contribution in [2.45, 2.75) is 31.4 Å². The number of ether oxygens (including phenoxy) is 1. The number of para-hydroxylation sites is 1. The van der Waals surface area contributed by atoms with Gasteiger partial charge in [0.25, 0.3) is 0 Å². The molecule has 4 nitrogen and oxygen atoms in total. The molecule has 2 aromatic rings. The van der Waals surface area contributed by atoms with Gasteiger partial charge in [0, 0.05) is 24.3 Å². The Morgan fingerprint density at radius 3 is 2.30 bits per heavy atom. The Bertz CT molecular complexity index is 713. The molecule has 2 unspecified atom stereocenters. The molecule has 1 aliphatic rings. The predicted molar refractivity (Wildman–Crippen MR) is 111 cm³/mol. The second-order valence-electron chi connectivity index (χ2n) is 7.57. The SMILES string of the molecule is CCC(Cc1ccccc1)(C(O)c1ccccc1N1CCOCC1)N(C)C. The summed E-state index contributed by atoms with van der Waals surface area (Å²) in [5.41, 5.74) is 3.01. The van der Waals surface area contributed by atoms with Gasteiger partial charge in [0.2, 0.25) is 0 Å². The zero-order valence-corrected chi connectivity index (χ0v) is 16.8. The quantitative estimate of drug-likeness (QED) is 0.811. The lowest BCUT2D eigenvalue weighted by molar-refractivity contribution is -0.0120. The number of benzene rings is 2. The highest BCUT2D eigenvalue weighted by Crippen LogP contribution is 2.40. The number of morpholine rings is 1. The third-order valence-corrected chi connectivity index (χ3v) is 5.95. The van der Waals surface area contributed by atoms with Crippen LogP contribution in [-0.4, -0.2) is 55.9 Å². The van der Waals surface area contributed by atoms with Gasteiger partial charge >= 0.3 is 0 Å². The van der Waals surface area contributed by atoms with E-state index in [1.165, 1.54) is 5.56 Å². The van der Waals surface area contributed by atoms with Crippen LogP contribution in [-0.2, 0) is 11.2 Å². The first-order valence-corrected chi connectivity index (χ1v) is 9.89. The van der Waals surface area contributed by atoms with Crippen LogP contribution in [0.4, 0.5) is 5.69 Å². The van der Waals surface area contributed by atoms with Crippen LogP contribution in [0.3, 0.4) is 0 Å². The Balaban J connectivity index is 1.98. The molecular formula is C23H32N2O2. The van der Waals surface area contributed by atoms with Crippen LogP contribution in [0.1, 0.15) is 30.6 Å². The highest BCUT2D eigenvalue weighted by Gasteiger charge is 2.40. The first-order chi connectivity index (χ1) is 13.1. The molecule has 3 rings (SSSR count). The second-order valence-corrected chi connectivity index (χ2v) is 7.57. The Kier molecular flexibility index (Phi) is 6.53. The maximum Gasteiger partial charge on any atom is 0.0996 e. The molecule has 0 radical (unpaired) electrons. The van der Waals surface area contributed by atoms with Gasteiger partial charge < -0.3 is 19.6 Å². The van der Waals surface area contributed by atoms with Gasteiger partial charge in [-0.2, -0.15) is 0 Å². The zero-order valence-electron chi connectivity index (χ0n) is 16.8. The van der Waals surface area contributed by atoms with E-state index < -0.39 is 6.10 Å². The Hall–Kier alpha value is -1.88. The van der Waals surface area contributed by atoms with Crippen molar-refractivity contribution < 1.29 is 9.84 Å². The molecule has 4 heteroatoms. The molecule has 1 fully saturated rings. The van der Waals surface area contributed by atoms with Gasteiger partial charge in [-0.05, 0) is 38.6 Å². The van der Waals surface area contributed by atoms with Crippen LogP contribution in [0.15, 0.2) is 54.6 Å². The van der Waals surface area contributed by atoms with Gasteiger partial charge in [-0.3, -0.25) is 0 Å². The number of likely N-dealkylation sites (N-methyl/N-ethyl adjacent to an activating group) is 1. The second kappa shape index (κ2) is 8.87. The van der Waals surface area contributed by atoms with Crippen molar-refractivity contribution in [3.8, 4) is 0 Å². The molecule has 27 heavy (non-hydrogen) atoms. The molecule has 1 saturated heterocycles. The Morgan fingerprint density at radius 1 is 1.04 bits per heavy atom. The van der Waals surface area contributed by atoms with Crippen molar-refractivity contribution in [1.82, 2.24) is 4.90 Å². The molecule has 1 heterocycles. The number of rotatable bonds is 7. The molecule has 0 spiro atoms. The summed E-state index contributed by atoms with van der Waals surface area (Å²) >= 11 is 0. The Labute approximate surface area is 163 Å². The van der Waals surface area contributed by atoms with Crippen LogP contribution in [0.25, 0.3) is 0 Å². The summed E-state index contributed by atoms with van der Waals surface area (Å²) in [7, 11) is 4.15. The standard InChI is InChI=1S/C23H32N2O2/c1-4-23(24(2)3,18-19-10-6-5-7-11-19)22(26)20-12-8-9-13-21(20)25-14-16-27-17-15-25/h5-13,22,26H,4,14-18H2,1-3H3. The van der Waals surface area contributed by atoms with Gasteiger partial charge in [0.05, 0.1) is 24.9 Å². The van der Waals surface area contributed by atoms with E-state index in [1.54, 1.807) is 0 Å². The van der Waals surface area contributed by atoms with Gasteiger partial charge in [0.15, 0.2) is 0 Å². The topological polar surface area (TPSA) is 35.9 Å². The maximum atomic E-state index is 11.7. The smallest absolute Gasteiger partial charge is 0.0996 e. The van der Waals surface area contributed by atoms with Gasteiger partial charge in [0.1, 0.15) is 0 Å². The van der Waals surface area contributed by atoms with Crippen molar-refractivity contribution >= 4 is 5.69 Å². The lowest BCUT2D eigenvalue weighted by Crippen LogP contribution is -2.51. The lowest BCUT2D eigenvalue weighted by Gasteiger charge is -2.45. The number of nitrogens with zero attached hydrogens (tertiary/aromatic N) is 2. The van der Waals surface area contributed by atoms with Crippen molar-refractivity contribution in [3.63, 3.8) is 0 Å². The van der Waals surface area contributed by atoms with Crippen LogP contribution in [0.5, 0.6) is 0 Å². The van der Waals surface area contributed by atoms with E-state index in [9.17, 15) is 5.11 Å². The minimum absolute atomic E-state index is 0.371. The number of aliphatic hydroxyl groups is 1. The van der Waals surface area contributed by atoms with Crippen molar-refractivity contribution in [2.24, 2.45) is 0 Å². The summed E-state index contributed by atoms with van der Waals surface area (Å²) in [4.78, 5) is 4.53. The van der Waals surface area contributed by atoms with Crippen molar-refractivity contribution in [1.29, 1.82) is 0 Å². The van der Waals surface area contributed by atoms with E-state index in [0.29, 0.717) is 0 Å². The van der Waals surface area contributed by atoms with Crippen LogP contribution in [0.2, 0.25) is 0 Å². The maximum absolute atomic E-state index is 11.7. The summed E-state index contributed by atoms with van der Waals surface area (Å²) < 4.78 is 5.51. The van der Waals surface area contributed by atoms with Crippen LogP contribution < -0.4 is 4.90 Å². The van der Waals surface area contributed by atoms with Crippen molar-refractivity contribution in [2.75, 3.05) is 45.3 Å². The molecule has 2 atom stereocenters. The summed E-state index contributed by atoms with van der Waals surface area (Å²) in [6.45, 7) is 5.37. The molecule has 2 aromatic carbocycles. The first kappa shape index (κ1) is 19.9. The van der Waals surface area contributed by atoms with E-state index in [4.69, 9.17) is 4.74 Å². The number of aliphatic hydroxyl groups excluding tert-OH is 1. The molecule has 0 amide bonds. The number of hydrogen-bond donors (Lipinski definition) is 1. The molecule has 1 aliphatic heterocycles. The normalized spacial score (nSPS) is 18.3. The predicted octanol–water partition coefficient (Wildman–Crippen LogP) is 3.51.